The van der Waals surface area contributed by atoms with Gasteiger partial charge < -0.3 is 23.4 Å². The van der Waals surface area contributed by atoms with E-state index in [1.54, 1.807) is 14.2 Å². The van der Waals surface area contributed by atoms with Crippen LogP contribution in [0.4, 0.5) is 0 Å². The maximum Gasteiger partial charge on any atom is 0.192 e. The Balaban J connectivity index is 2.10. The molecule has 52 heavy (non-hydrogen) atoms. The van der Waals surface area contributed by atoms with Crippen LogP contribution in [0.5, 0.6) is 11.5 Å². The zero-order valence-electron chi connectivity index (χ0n) is 35.4. The predicted octanol–water partition coefficient (Wildman–Crippen LogP) is 11.0. The lowest BCUT2D eigenvalue weighted by Gasteiger charge is -2.42. The van der Waals surface area contributed by atoms with E-state index >= 15 is 0 Å². The van der Waals surface area contributed by atoms with Crippen LogP contribution in [0.3, 0.4) is 0 Å². The van der Waals surface area contributed by atoms with Crippen LogP contribution in [0.1, 0.15) is 85.8 Å². The molecule has 0 heterocycles. The summed E-state index contributed by atoms with van der Waals surface area (Å²) < 4.78 is 30.5. The minimum absolute atomic E-state index is 0.0100. The second-order valence-corrected chi connectivity index (χ2v) is 27.2. The molecule has 0 saturated heterocycles. The van der Waals surface area contributed by atoms with Gasteiger partial charge in [-0.3, -0.25) is 4.79 Å². The first-order chi connectivity index (χ1) is 24.2. The van der Waals surface area contributed by atoms with E-state index < -0.39 is 16.4 Å². The van der Waals surface area contributed by atoms with Crippen molar-refractivity contribution in [3.8, 4) is 23.0 Å². The van der Waals surface area contributed by atoms with E-state index in [9.17, 15) is 4.79 Å². The highest BCUT2D eigenvalue weighted by Gasteiger charge is 2.42. The minimum Gasteiger partial charge on any atom is -0.497 e. The maximum atomic E-state index is 13.9. The molecule has 0 aliphatic rings. The van der Waals surface area contributed by atoms with E-state index in [-0.39, 0.29) is 46.7 Å². The number of carbonyl (C=O) groups excluding carboxylic acids is 1. The third-order valence-electron chi connectivity index (χ3n) is 10.6. The van der Waals surface area contributed by atoms with Crippen molar-refractivity contribution in [3.05, 3.63) is 59.7 Å². The Labute approximate surface area is 320 Å². The molecule has 0 amide bonds. The van der Waals surface area contributed by atoms with Crippen LogP contribution in [-0.4, -0.2) is 55.2 Å². The summed E-state index contributed by atoms with van der Waals surface area (Å²) in [7, 11) is -0.322. The summed E-state index contributed by atoms with van der Waals surface area (Å²) in [6.07, 6.45) is 2.12. The molecule has 2 aromatic rings. The Kier molecular flexibility index (Phi) is 18.4. The molecule has 0 spiro atoms. The molecule has 0 saturated carbocycles. The Bertz CT molecular complexity index is 1400. The Morgan fingerprint density at radius 1 is 0.750 bits per heavy atom. The number of ketones is 1. The quantitative estimate of drug-likeness (QED) is 0.0935. The Morgan fingerprint density at radius 3 is 1.75 bits per heavy atom. The van der Waals surface area contributed by atoms with Gasteiger partial charge in [0, 0.05) is 24.2 Å². The number of rotatable bonds is 21. The Hall–Kier alpha value is -2.42. The molecule has 0 unspecified atom stereocenters. The normalized spacial score (nSPS) is 16.4. The number of Topliss-reactive ketones (excluding diaryl/α,β-unsaturated/α-hetero) is 1. The van der Waals surface area contributed by atoms with E-state index in [1.807, 2.05) is 36.4 Å². The van der Waals surface area contributed by atoms with Crippen molar-refractivity contribution < 1.29 is 28.2 Å². The van der Waals surface area contributed by atoms with Crippen molar-refractivity contribution in [1.29, 1.82) is 0 Å². The number of hydrogen-bond donors (Lipinski definition) is 0. The lowest BCUT2D eigenvalue weighted by molar-refractivity contribution is -0.127. The van der Waals surface area contributed by atoms with Gasteiger partial charge >= 0.3 is 0 Å². The molecular weight excluding hydrogens is 681 g/mol. The summed E-state index contributed by atoms with van der Waals surface area (Å²) in [6.45, 7) is 30.7. The number of ether oxygens (including phenoxy) is 4. The summed E-state index contributed by atoms with van der Waals surface area (Å²) in [5.41, 5.74) is 5.78. The van der Waals surface area contributed by atoms with E-state index in [0.29, 0.717) is 32.2 Å². The molecule has 292 valence electrons. The van der Waals surface area contributed by atoms with E-state index in [1.165, 1.54) is 0 Å². The average molecular weight is 753 g/mol. The number of carbonyl (C=O) groups is 1. The first-order valence-corrected chi connectivity index (χ1v) is 25.8. The molecule has 0 bridgehead atoms. The first kappa shape index (κ1) is 45.7. The van der Waals surface area contributed by atoms with Gasteiger partial charge in [0.1, 0.15) is 25.4 Å². The highest BCUT2D eigenvalue weighted by molar-refractivity contribution is 6.83. The SMILES string of the molecule is COc1ccc(COC[C@H](C)[C@H](O[Si](C)(C)C(C)(C)C)[C@@H](C)C(=O)CC[C@H](C)C[C@H](C)[C@@H](OCc2ccc(OC)cc2)[C@@H](C)C#C[Si](C)(C)C)cc1. The minimum atomic E-state index is -2.15. The predicted molar refractivity (Wildman–Crippen MR) is 222 cm³/mol. The highest BCUT2D eigenvalue weighted by atomic mass is 28.4. The molecule has 0 aromatic heterocycles. The molecule has 0 N–H and O–H groups in total. The number of hydrogen-bond acceptors (Lipinski definition) is 6. The lowest BCUT2D eigenvalue weighted by atomic mass is 9.83. The van der Waals surface area contributed by atoms with E-state index in [0.717, 1.165) is 35.5 Å². The Morgan fingerprint density at radius 2 is 1.27 bits per heavy atom. The molecule has 2 aromatic carbocycles. The van der Waals surface area contributed by atoms with Gasteiger partial charge in [-0.1, -0.05) is 92.4 Å². The van der Waals surface area contributed by atoms with Crippen molar-refractivity contribution in [3.63, 3.8) is 0 Å². The van der Waals surface area contributed by atoms with Gasteiger partial charge in [0.05, 0.1) is 46.2 Å². The summed E-state index contributed by atoms with van der Waals surface area (Å²) in [6, 6.07) is 16.0. The summed E-state index contributed by atoms with van der Waals surface area (Å²) in [4.78, 5) is 13.9. The van der Waals surface area contributed by atoms with Gasteiger partial charge in [-0.2, -0.15) is 0 Å². The molecule has 0 aliphatic carbocycles. The largest absolute Gasteiger partial charge is 0.497 e. The molecule has 6 nitrogen and oxygen atoms in total. The molecule has 8 heteroatoms. The topological polar surface area (TPSA) is 63.2 Å². The number of methoxy groups -OCH3 is 2. The highest BCUT2D eigenvalue weighted by Crippen LogP contribution is 2.39. The van der Waals surface area contributed by atoms with Crippen molar-refractivity contribution in [2.75, 3.05) is 20.8 Å². The summed E-state index contributed by atoms with van der Waals surface area (Å²) >= 11 is 0. The third kappa shape index (κ3) is 15.5. The maximum absolute atomic E-state index is 13.9. The summed E-state index contributed by atoms with van der Waals surface area (Å²) in [5, 5.41) is 0.0327. The first-order valence-electron chi connectivity index (χ1n) is 19.4. The van der Waals surface area contributed by atoms with Crippen LogP contribution in [-0.2, 0) is 31.9 Å². The van der Waals surface area contributed by atoms with Crippen LogP contribution < -0.4 is 9.47 Å². The zero-order chi connectivity index (χ0) is 39.3. The van der Waals surface area contributed by atoms with Gasteiger partial charge in [-0.05, 0) is 85.1 Å². The van der Waals surface area contributed by atoms with Crippen molar-refractivity contribution in [2.45, 2.75) is 138 Å². The zero-order valence-corrected chi connectivity index (χ0v) is 37.4. The fourth-order valence-electron chi connectivity index (χ4n) is 6.22. The summed E-state index contributed by atoms with van der Waals surface area (Å²) in [5.74, 6) is 6.09. The van der Waals surface area contributed by atoms with Crippen LogP contribution in [0.25, 0.3) is 0 Å². The van der Waals surface area contributed by atoms with Crippen LogP contribution in [0.15, 0.2) is 48.5 Å². The van der Waals surface area contributed by atoms with Crippen LogP contribution in [0, 0.1) is 41.1 Å². The second kappa shape index (κ2) is 20.9. The van der Waals surface area contributed by atoms with E-state index in [4.69, 9.17) is 23.4 Å². The van der Waals surface area contributed by atoms with Gasteiger partial charge in [-0.15, -0.1) is 11.5 Å². The monoisotopic (exact) mass is 752 g/mol. The van der Waals surface area contributed by atoms with Crippen LogP contribution in [0.2, 0.25) is 37.8 Å². The van der Waals surface area contributed by atoms with Crippen molar-refractivity contribution >= 4 is 22.2 Å². The third-order valence-corrected chi connectivity index (χ3v) is 16.0. The fraction of sp³-hybridized carbons (Fsp3) is 0.659. The molecule has 0 fully saturated rings. The standard InChI is InChI=1S/C44H72O6Si2/c1-32(28-34(3)42(33(2)26-27-51(11,12)13)49-31-38-19-23-40(47-10)24-20-38)16-25-41(45)36(5)43(50-52(14,15)44(6,7)8)35(4)29-48-30-37-17-21-39(46-9)22-18-37/h17-24,32-36,42-43H,16,25,28-31H2,1-15H3/t32-,33-,34-,35-,36-,42-,43-/m0/s1. The second-order valence-electron chi connectivity index (χ2n) is 17.7. The van der Waals surface area contributed by atoms with Gasteiger partial charge in [0.2, 0.25) is 0 Å². The lowest BCUT2D eigenvalue weighted by Crippen LogP contribution is -2.49. The van der Waals surface area contributed by atoms with Gasteiger partial charge in [-0.25, -0.2) is 0 Å². The smallest absolute Gasteiger partial charge is 0.192 e. The molecule has 0 radical (unpaired) electrons. The van der Waals surface area contributed by atoms with Gasteiger partial charge in [0.25, 0.3) is 0 Å². The molecule has 0 aliphatic heterocycles. The number of benzene rings is 2. The molecule has 7 atom stereocenters. The fourth-order valence-corrected chi connectivity index (χ4v) is 8.35. The average Bonchev–Trinajstić information content (AvgIpc) is 3.08. The van der Waals surface area contributed by atoms with E-state index in [2.05, 4.69) is 112 Å². The van der Waals surface area contributed by atoms with Crippen LogP contribution >= 0.6 is 0 Å². The molecular formula is C44H72O6Si2. The van der Waals surface area contributed by atoms with Crippen molar-refractivity contribution in [1.82, 2.24) is 0 Å². The van der Waals surface area contributed by atoms with Gasteiger partial charge in [0.15, 0.2) is 8.32 Å². The molecule has 2 rings (SSSR count). The van der Waals surface area contributed by atoms with Crippen molar-refractivity contribution in [2.24, 2.45) is 29.6 Å².